The lowest BCUT2D eigenvalue weighted by Crippen LogP contribution is -2.46. The lowest BCUT2D eigenvalue weighted by atomic mass is 10.0. The minimum Gasteiger partial charge on any atom is -0.497 e. The third kappa shape index (κ3) is 2.60. The van der Waals surface area contributed by atoms with Gasteiger partial charge in [0.1, 0.15) is 11.5 Å². The van der Waals surface area contributed by atoms with Gasteiger partial charge < -0.3 is 19.5 Å². The molecule has 1 aromatic rings. The Morgan fingerprint density at radius 1 is 1.22 bits per heavy atom. The molecule has 4 heteroatoms. The van der Waals surface area contributed by atoms with Crippen molar-refractivity contribution >= 4 is 0 Å². The summed E-state index contributed by atoms with van der Waals surface area (Å²) in [5.41, 5.74) is 1.03. The molecular weight excluding hydrogens is 230 g/mol. The van der Waals surface area contributed by atoms with Crippen LogP contribution in [0.4, 0.5) is 0 Å². The topological polar surface area (TPSA) is 39.7 Å². The number of hydrogen-bond donors (Lipinski definition) is 1. The molecule has 1 aromatic carbocycles. The predicted molar refractivity (Wildman–Crippen MR) is 70.3 cm³/mol. The lowest BCUT2D eigenvalue weighted by Gasteiger charge is -2.34. The van der Waals surface area contributed by atoms with Crippen molar-refractivity contribution in [1.29, 1.82) is 0 Å². The van der Waals surface area contributed by atoms with E-state index in [1.54, 1.807) is 14.2 Å². The Morgan fingerprint density at radius 2 is 2.00 bits per heavy atom. The minimum absolute atomic E-state index is 0.00116. The molecular formula is C14H21NO3. The number of hydrogen-bond acceptors (Lipinski definition) is 4. The van der Waals surface area contributed by atoms with Crippen molar-refractivity contribution < 1.29 is 14.2 Å². The van der Waals surface area contributed by atoms with Gasteiger partial charge in [0.15, 0.2) is 0 Å². The Morgan fingerprint density at radius 3 is 2.61 bits per heavy atom. The molecule has 3 atom stereocenters. The number of methoxy groups -OCH3 is 2. The molecule has 100 valence electrons. The zero-order chi connectivity index (χ0) is 13.1. The van der Waals surface area contributed by atoms with E-state index in [0.29, 0.717) is 6.04 Å². The van der Waals surface area contributed by atoms with Crippen LogP contribution >= 0.6 is 0 Å². The van der Waals surface area contributed by atoms with Gasteiger partial charge in [-0.1, -0.05) is 0 Å². The summed E-state index contributed by atoms with van der Waals surface area (Å²) in [6.45, 7) is 5.00. The van der Waals surface area contributed by atoms with Crippen LogP contribution in [0.3, 0.4) is 0 Å². The van der Waals surface area contributed by atoms with E-state index in [9.17, 15) is 0 Å². The van der Waals surface area contributed by atoms with Crippen molar-refractivity contribution in [2.45, 2.75) is 32.1 Å². The molecule has 1 N–H and O–H groups in total. The second-order valence-corrected chi connectivity index (χ2v) is 4.63. The molecule has 3 unspecified atom stereocenters. The molecule has 4 nitrogen and oxygen atoms in total. The highest BCUT2D eigenvalue weighted by atomic mass is 16.5. The molecule has 0 spiro atoms. The smallest absolute Gasteiger partial charge is 0.124 e. The monoisotopic (exact) mass is 251 g/mol. The van der Waals surface area contributed by atoms with E-state index < -0.39 is 0 Å². The first-order chi connectivity index (χ1) is 8.65. The van der Waals surface area contributed by atoms with Crippen LogP contribution in [0.15, 0.2) is 18.2 Å². The number of morpholine rings is 1. The number of rotatable bonds is 3. The highest BCUT2D eigenvalue weighted by Gasteiger charge is 2.27. The van der Waals surface area contributed by atoms with Gasteiger partial charge in [-0.3, -0.25) is 0 Å². The Labute approximate surface area is 108 Å². The zero-order valence-corrected chi connectivity index (χ0v) is 11.4. The van der Waals surface area contributed by atoms with Gasteiger partial charge in [0.05, 0.1) is 26.4 Å². The summed E-state index contributed by atoms with van der Waals surface area (Å²) in [6, 6.07) is 6.16. The number of ether oxygens (including phenoxy) is 3. The molecule has 2 rings (SSSR count). The van der Waals surface area contributed by atoms with Crippen LogP contribution in [0.2, 0.25) is 0 Å². The SMILES string of the molecule is COc1ccc(OC)c(C2CNC(C)C(C)O2)c1. The molecule has 1 fully saturated rings. The van der Waals surface area contributed by atoms with E-state index in [-0.39, 0.29) is 12.2 Å². The summed E-state index contributed by atoms with van der Waals surface area (Å²) in [4.78, 5) is 0. The fourth-order valence-electron chi connectivity index (χ4n) is 2.16. The molecule has 1 aliphatic heterocycles. The van der Waals surface area contributed by atoms with Gasteiger partial charge in [0, 0.05) is 18.2 Å². The van der Waals surface area contributed by atoms with Gasteiger partial charge in [-0.2, -0.15) is 0 Å². The second kappa shape index (κ2) is 5.59. The maximum Gasteiger partial charge on any atom is 0.124 e. The average molecular weight is 251 g/mol. The summed E-state index contributed by atoms with van der Waals surface area (Å²) in [7, 11) is 3.34. The van der Waals surface area contributed by atoms with Crippen LogP contribution in [0.1, 0.15) is 25.5 Å². The van der Waals surface area contributed by atoms with Crippen molar-refractivity contribution in [3.8, 4) is 11.5 Å². The molecule has 0 radical (unpaired) electrons. The molecule has 18 heavy (non-hydrogen) atoms. The molecule has 0 bridgehead atoms. The summed E-state index contributed by atoms with van der Waals surface area (Å²) >= 11 is 0. The van der Waals surface area contributed by atoms with Crippen LogP contribution in [0.5, 0.6) is 11.5 Å². The van der Waals surface area contributed by atoms with E-state index in [0.717, 1.165) is 23.6 Å². The van der Waals surface area contributed by atoms with Gasteiger partial charge in [-0.05, 0) is 32.0 Å². The molecule has 0 aliphatic carbocycles. The van der Waals surface area contributed by atoms with Crippen molar-refractivity contribution in [3.05, 3.63) is 23.8 Å². The Balaban J connectivity index is 2.25. The van der Waals surface area contributed by atoms with Gasteiger partial charge in [0.25, 0.3) is 0 Å². The molecule has 1 aliphatic rings. The zero-order valence-electron chi connectivity index (χ0n) is 11.4. The Kier molecular flexibility index (Phi) is 4.09. The molecule has 0 aromatic heterocycles. The summed E-state index contributed by atoms with van der Waals surface area (Å²) in [5.74, 6) is 1.66. The first-order valence-corrected chi connectivity index (χ1v) is 6.26. The third-order valence-electron chi connectivity index (χ3n) is 3.49. The number of nitrogens with one attached hydrogen (secondary N) is 1. The van der Waals surface area contributed by atoms with Gasteiger partial charge in [-0.25, -0.2) is 0 Å². The average Bonchev–Trinajstić information content (AvgIpc) is 2.41. The van der Waals surface area contributed by atoms with Crippen molar-refractivity contribution in [1.82, 2.24) is 5.32 Å². The second-order valence-electron chi connectivity index (χ2n) is 4.63. The first kappa shape index (κ1) is 13.2. The molecule has 1 saturated heterocycles. The largest absolute Gasteiger partial charge is 0.497 e. The fraction of sp³-hybridized carbons (Fsp3) is 0.571. The standard InChI is InChI=1S/C14H21NO3/c1-9-10(2)18-14(8-15-9)12-7-11(16-3)5-6-13(12)17-4/h5-7,9-10,14-15H,8H2,1-4H3. The summed E-state index contributed by atoms with van der Waals surface area (Å²) < 4.78 is 16.7. The molecule has 0 amide bonds. The normalized spacial score (nSPS) is 27.9. The van der Waals surface area contributed by atoms with Crippen molar-refractivity contribution in [2.75, 3.05) is 20.8 Å². The highest BCUT2D eigenvalue weighted by Crippen LogP contribution is 2.33. The van der Waals surface area contributed by atoms with Gasteiger partial charge >= 0.3 is 0 Å². The maximum absolute atomic E-state index is 6.03. The van der Waals surface area contributed by atoms with E-state index >= 15 is 0 Å². The Hall–Kier alpha value is -1.26. The molecule has 0 saturated carbocycles. The highest BCUT2D eigenvalue weighted by molar-refractivity contribution is 5.42. The fourth-order valence-corrected chi connectivity index (χ4v) is 2.16. The minimum atomic E-state index is 0.00116. The third-order valence-corrected chi connectivity index (χ3v) is 3.49. The summed E-state index contributed by atoms with van der Waals surface area (Å²) in [6.07, 6.45) is 0.181. The quantitative estimate of drug-likeness (QED) is 0.893. The maximum atomic E-state index is 6.03. The van der Waals surface area contributed by atoms with Crippen molar-refractivity contribution in [3.63, 3.8) is 0 Å². The van der Waals surface area contributed by atoms with E-state index in [1.165, 1.54) is 0 Å². The van der Waals surface area contributed by atoms with E-state index in [2.05, 4.69) is 19.2 Å². The molecule has 1 heterocycles. The Bertz CT molecular complexity index is 408. The van der Waals surface area contributed by atoms with Crippen molar-refractivity contribution in [2.24, 2.45) is 0 Å². The van der Waals surface area contributed by atoms with Crippen LogP contribution in [-0.4, -0.2) is 32.9 Å². The van der Waals surface area contributed by atoms with Crippen LogP contribution < -0.4 is 14.8 Å². The van der Waals surface area contributed by atoms with E-state index in [1.807, 2.05) is 18.2 Å². The van der Waals surface area contributed by atoms with Gasteiger partial charge in [-0.15, -0.1) is 0 Å². The van der Waals surface area contributed by atoms with Crippen LogP contribution in [-0.2, 0) is 4.74 Å². The first-order valence-electron chi connectivity index (χ1n) is 6.26. The van der Waals surface area contributed by atoms with Crippen LogP contribution in [0, 0.1) is 0 Å². The summed E-state index contributed by atoms with van der Waals surface area (Å²) in [5, 5.41) is 3.45. The number of benzene rings is 1. The van der Waals surface area contributed by atoms with Crippen LogP contribution in [0.25, 0.3) is 0 Å². The lowest BCUT2D eigenvalue weighted by molar-refractivity contribution is -0.0517. The van der Waals surface area contributed by atoms with E-state index in [4.69, 9.17) is 14.2 Å². The van der Waals surface area contributed by atoms with Gasteiger partial charge in [0.2, 0.25) is 0 Å². The predicted octanol–water partition coefficient (Wildman–Crippen LogP) is 2.14.